The smallest absolute Gasteiger partial charge is 0.154 e. The van der Waals surface area contributed by atoms with Gasteiger partial charge >= 0.3 is 0 Å². The van der Waals surface area contributed by atoms with Crippen LogP contribution in [-0.4, -0.2) is 23.0 Å². The molecule has 0 amide bonds. The number of halogens is 1. The van der Waals surface area contributed by atoms with Crippen LogP contribution >= 0.6 is 11.6 Å². The van der Waals surface area contributed by atoms with Gasteiger partial charge in [-0.15, -0.1) is 0 Å². The summed E-state index contributed by atoms with van der Waals surface area (Å²) < 4.78 is 0. The average Bonchev–Trinajstić information content (AvgIpc) is 2.60. The van der Waals surface area contributed by atoms with Gasteiger partial charge in [-0.1, -0.05) is 54.1 Å². The molecule has 0 bridgehead atoms. The standard InChI is InChI=1S/C16H16ClNO2/c17-14-8-4-7-13-12(14)9-10-18-15(19)16(13,20)11-5-2-1-3-6-11/h1-8,15,18-20H,9-10H2. The lowest BCUT2D eigenvalue weighted by atomic mass is 9.82. The van der Waals surface area contributed by atoms with Crippen LogP contribution in [0.25, 0.3) is 0 Å². The van der Waals surface area contributed by atoms with Crippen molar-refractivity contribution in [1.82, 2.24) is 5.32 Å². The Morgan fingerprint density at radius 1 is 1.10 bits per heavy atom. The first-order valence-corrected chi connectivity index (χ1v) is 6.99. The lowest BCUT2D eigenvalue weighted by Crippen LogP contribution is -2.48. The molecule has 0 fully saturated rings. The second-order valence-electron chi connectivity index (χ2n) is 5.01. The molecule has 1 heterocycles. The Hall–Kier alpha value is -1.39. The third-order valence-corrected chi connectivity index (χ3v) is 4.21. The summed E-state index contributed by atoms with van der Waals surface area (Å²) in [6.07, 6.45) is -0.411. The molecule has 0 aliphatic carbocycles. The van der Waals surface area contributed by atoms with E-state index in [1.165, 1.54) is 0 Å². The van der Waals surface area contributed by atoms with E-state index in [-0.39, 0.29) is 0 Å². The van der Waals surface area contributed by atoms with Crippen molar-refractivity contribution in [3.05, 3.63) is 70.2 Å². The molecule has 4 heteroatoms. The highest BCUT2D eigenvalue weighted by atomic mass is 35.5. The fraction of sp³-hybridized carbons (Fsp3) is 0.250. The predicted octanol–water partition coefficient (Wildman–Crippen LogP) is 2.04. The van der Waals surface area contributed by atoms with Crippen molar-refractivity contribution >= 4 is 11.6 Å². The van der Waals surface area contributed by atoms with Crippen molar-refractivity contribution in [2.45, 2.75) is 18.2 Å². The van der Waals surface area contributed by atoms with Crippen LogP contribution in [0.3, 0.4) is 0 Å². The van der Waals surface area contributed by atoms with Crippen molar-refractivity contribution in [1.29, 1.82) is 0 Å². The highest BCUT2D eigenvalue weighted by Crippen LogP contribution is 2.38. The van der Waals surface area contributed by atoms with Crippen LogP contribution in [0.5, 0.6) is 0 Å². The van der Waals surface area contributed by atoms with Gasteiger partial charge in [0.05, 0.1) is 0 Å². The summed E-state index contributed by atoms with van der Waals surface area (Å²) in [6, 6.07) is 14.6. The second-order valence-corrected chi connectivity index (χ2v) is 5.41. The molecule has 0 saturated carbocycles. The molecule has 2 aromatic rings. The van der Waals surface area contributed by atoms with E-state index in [0.717, 1.165) is 5.56 Å². The predicted molar refractivity (Wildman–Crippen MR) is 78.6 cm³/mol. The summed E-state index contributed by atoms with van der Waals surface area (Å²) >= 11 is 6.26. The maximum Gasteiger partial charge on any atom is 0.154 e. The maximum atomic E-state index is 11.2. The van der Waals surface area contributed by atoms with E-state index >= 15 is 0 Å². The molecule has 0 radical (unpaired) electrons. The highest BCUT2D eigenvalue weighted by Gasteiger charge is 2.42. The summed E-state index contributed by atoms with van der Waals surface area (Å²) in [4.78, 5) is 0. The maximum absolute atomic E-state index is 11.2. The van der Waals surface area contributed by atoms with E-state index < -0.39 is 11.8 Å². The minimum atomic E-state index is -1.50. The molecule has 0 saturated heterocycles. The van der Waals surface area contributed by atoms with E-state index in [9.17, 15) is 10.2 Å². The zero-order chi connectivity index (χ0) is 14.2. The molecule has 1 aliphatic rings. The molecule has 0 spiro atoms. The molecule has 1 aliphatic heterocycles. The number of rotatable bonds is 1. The van der Waals surface area contributed by atoms with Gasteiger partial charge in [-0.05, 0) is 29.2 Å². The van der Waals surface area contributed by atoms with Crippen molar-refractivity contribution in [3.8, 4) is 0 Å². The number of aliphatic hydroxyl groups is 2. The van der Waals surface area contributed by atoms with Crippen LogP contribution in [-0.2, 0) is 12.0 Å². The fourth-order valence-corrected chi connectivity index (χ4v) is 3.07. The first-order chi connectivity index (χ1) is 9.64. The molecule has 2 aromatic carbocycles. The number of benzene rings is 2. The number of fused-ring (bicyclic) bond motifs is 1. The number of nitrogens with one attached hydrogen (secondary N) is 1. The van der Waals surface area contributed by atoms with E-state index in [0.29, 0.717) is 29.1 Å². The van der Waals surface area contributed by atoms with Crippen LogP contribution in [0, 0.1) is 0 Å². The van der Waals surface area contributed by atoms with E-state index in [2.05, 4.69) is 5.32 Å². The average molecular weight is 290 g/mol. The second kappa shape index (κ2) is 5.19. The van der Waals surface area contributed by atoms with E-state index in [1.54, 1.807) is 18.2 Å². The minimum Gasteiger partial charge on any atom is -0.376 e. The zero-order valence-electron chi connectivity index (χ0n) is 10.9. The van der Waals surface area contributed by atoms with Crippen molar-refractivity contribution < 1.29 is 10.2 Å². The Balaban J connectivity index is 2.25. The lowest BCUT2D eigenvalue weighted by molar-refractivity contribution is -0.0638. The van der Waals surface area contributed by atoms with Gasteiger partial charge < -0.3 is 10.2 Å². The Labute approximate surface area is 122 Å². The quantitative estimate of drug-likeness (QED) is 0.753. The fourth-order valence-electron chi connectivity index (χ4n) is 2.80. The van der Waals surface area contributed by atoms with Crippen molar-refractivity contribution in [2.75, 3.05) is 6.54 Å². The summed E-state index contributed by atoms with van der Waals surface area (Å²) in [7, 11) is 0. The van der Waals surface area contributed by atoms with Gasteiger partial charge in [0.1, 0.15) is 6.23 Å². The van der Waals surface area contributed by atoms with Gasteiger partial charge in [-0.25, -0.2) is 0 Å². The first-order valence-electron chi connectivity index (χ1n) is 6.61. The van der Waals surface area contributed by atoms with E-state index in [4.69, 9.17) is 11.6 Å². The Morgan fingerprint density at radius 3 is 2.60 bits per heavy atom. The van der Waals surface area contributed by atoms with Crippen LogP contribution in [0.15, 0.2) is 48.5 Å². The van der Waals surface area contributed by atoms with Gasteiger partial charge in [0.25, 0.3) is 0 Å². The molecule has 3 N–H and O–H groups in total. The van der Waals surface area contributed by atoms with Crippen molar-refractivity contribution in [3.63, 3.8) is 0 Å². The van der Waals surface area contributed by atoms with Crippen LogP contribution in [0.1, 0.15) is 16.7 Å². The molecule has 0 aromatic heterocycles. The lowest BCUT2D eigenvalue weighted by Gasteiger charge is -2.34. The van der Waals surface area contributed by atoms with Crippen LogP contribution in [0.4, 0.5) is 0 Å². The van der Waals surface area contributed by atoms with Gasteiger partial charge in [0.15, 0.2) is 5.60 Å². The number of hydrogen-bond acceptors (Lipinski definition) is 3. The normalized spacial score (nSPS) is 25.9. The topological polar surface area (TPSA) is 52.5 Å². The monoisotopic (exact) mass is 289 g/mol. The molecule has 2 unspecified atom stereocenters. The largest absolute Gasteiger partial charge is 0.376 e. The first kappa shape index (κ1) is 13.6. The summed E-state index contributed by atoms with van der Waals surface area (Å²) in [6.45, 7) is 0.563. The van der Waals surface area contributed by atoms with E-state index in [1.807, 2.05) is 30.3 Å². The molecule has 2 atom stereocenters. The zero-order valence-corrected chi connectivity index (χ0v) is 11.6. The van der Waals surface area contributed by atoms with Gasteiger partial charge in [-0.3, -0.25) is 5.32 Å². The summed E-state index contributed by atoms with van der Waals surface area (Å²) in [5, 5.41) is 25.2. The third-order valence-electron chi connectivity index (χ3n) is 3.85. The number of aliphatic hydroxyl groups excluding tert-OH is 1. The molecule has 20 heavy (non-hydrogen) atoms. The minimum absolute atomic E-state index is 0.563. The molecule has 3 rings (SSSR count). The Morgan fingerprint density at radius 2 is 1.85 bits per heavy atom. The SMILES string of the molecule is OC1NCCc2c(Cl)cccc2C1(O)c1ccccc1. The molecular formula is C16H16ClNO2. The van der Waals surface area contributed by atoms with Crippen LogP contribution < -0.4 is 5.32 Å². The third kappa shape index (κ3) is 2.03. The highest BCUT2D eigenvalue weighted by molar-refractivity contribution is 6.31. The summed E-state index contributed by atoms with van der Waals surface area (Å²) in [5.41, 5.74) is 0.682. The number of hydrogen-bond donors (Lipinski definition) is 3. The molecule has 104 valence electrons. The molecule has 3 nitrogen and oxygen atoms in total. The van der Waals surface area contributed by atoms with Gasteiger partial charge in [0, 0.05) is 11.6 Å². The van der Waals surface area contributed by atoms with Crippen LogP contribution in [0.2, 0.25) is 5.02 Å². The van der Waals surface area contributed by atoms with Gasteiger partial charge in [0.2, 0.25) is 0 Å². The van der Waals surface area contributed by atoms with Crippen molar-refractivity contribution in [2.24, 2.45) is 0 Å². The van der Waals surface area contributed by atoms with Gasteiger partial charge in [-0.2, -0.15) is 0 Å². The summed E-state index contributed by atoms with van der Waals surface area (Å²) in [5.74, 6) is 0. The molecular weight excluding hydrogens is 274 g/mol. The Bertz CT molecular complexity index is 617. The Kier molecular flexibility index (Phi) is 3.52.